The molecular weight excluding hydrogens is 240 g/mol. The van der Waals surface area contributed by atoms with Gasteiger partial charge in [-0.2, -0.15) is 0 Å². The fraction of sp³-hybridized carbons (Fsp3) is 0.533. The lowest BCUT2D eigenvalue weighted by atomic mass is 9.99. The van der Waals surface area contributed by atoms with Crippen molar-refractivity contribution in [1.82, 2.24) is 5.32 Å². The molecule has 0 aromatic heterocycles. The number of ether oxygens (including phenoxy) is 1. The Kier molecular flexibility index (Phi) is 2.44. The summed E-state index contributed by atoms with van der Waals surface area (Å²) in [4.78, 5) is 14.6. The zero-order valence-corrected chi connectivity index (χ0v) is 10.9. The van der Waals surface area contributed by atoms with Crippen molar-refractivity contribution in [2.45, 2.75) is 24.3 Å². The van der Waals surface area contributed by atoms with E-state index in [1.807, 2.05) is 11.0 Å². The molecule has 1 saturated heterocycles. The summed E-state index contributed by atoms with van der Waals surface area (Å²) in [5.74, 6) is 0.163. The fourth-order valence-corrected chi connectivity index (χ4v) is 3.32. The van der Waals surface area contributed by atoms with Crippen LogP contribution in [-0.4, -0.2) is 38.3 Å². The molecule has 0 bridgehead atoms. The van der Waals surface area contributed by atoms with E-state index >= 15 is 0 Å². The lowest BCUT2D eigenvalue weighted by Crippen LogP contribution is -2.52. The van der Waals surface area contributed by atoms with Crippen molar-refractivity contribution in [2.24, 2.45) is 0 Å². The van der Waals surface area contributed by atoms with E-state index in [1.54, 1.807) is 0 Å². The molecular formula is C15H18N2O2. The molecule has 19 heavy (non-hydrogen) atoms. The fourth-order valence-electron chi connectivity index (χ4n) is 3.32. The van der Waals surface area contributed by atoms with Crippen LogP contribution in [0.5, 0.6) is 0 Å². The standard InChI is InChI=1S/C15H18N2O2/c18-14(12-9-19-8-7-16-12)17-10-15(5-6-15)11-3-1-2-4-13(11)17/h1-4,12,16H,5-10H2. The molecule has 1 amide bonds. The van der Waals surface area contributed by atoms with E-state index in [2.05, 4.69) is 23.5 Å². The predicted octanol–water partition coefficient (Wildman–Crippen LogP) is 1.05. The second kappa shape index (κ2) is 4.05. The number of nitrogens with one attached hydrogen (secondary N) is 1. The van der Waals surface area contributed by atoms with Crippen molar-refractivity contribution in [3.63, 3.8) is 0 Å². The van der Waals surface area contributed by atoms with Gasteiger partial charge >= 0.3 is 0 Å². The zero-order chi connectivity index (χ0) is 12.9. The SMILES string of the molecule is O=C(C1COCCN1)N1CC2(CC2)c2ccccc21. The maximum Gasteiger partial charge on any atom is 0.246 e. The number of para-hydroxylation sites is 1. The first-order chi connectivity index (χ1) is 9.30. The summed E-state index contributed by atoms with van der Waals surface area (Å²) in [7, 11) is 0. The second-order valence-corrected chi connectivity index (χ2v) is 5.80. The summed E-state index contributed by atoms with van der Waals surface area (Å²) in [6.45, 7) is 2.80. The van der Waals surface area contributed by atoms with Crippen molar-refractivity contribution < 1.29 is 9.53 Å². The zero-order valence-electron chi connectivity index (χ0n) is 10.9. The first-order valence-corrected chi connectivity index (χ1v) is 7.02. The van der Waals surface area contributed by atoms with Crippen LogP contribution in [0.3, 0.4) is 0 Å². The Morgan fingerprint density at radius 3 is 2.95 bits per heavy atom. The molecule has 1 spiro atoms. The molecule has 3 aliphatic rings. The molecule has 4 heteroatoms. The van der Waals surface area contributed by atoms with Gasteiger partial charge in [-0.05, 0) is 24.5 Å². The van der Waals surface area contributed by atoms with Gasteiger partial charge in [-0.1, -0.05) is 18.2 Å². The van der Waals surface area contributed by atoms with E-state index < -0.39 is 0 Å². The summed E-state index contributed by atoms with van der Waals surface area (Å²) in [6, 6.07) is 8.17. The summed E-state index contributed by atoms with van der Waals surface area (Å²) in [5, 5.41) is 3.26. The minimum absolute atomic E-state index is 0.163. The summed E-state index contributed by atoms with van der Waals surface area (Å²) >= 11 is 0. The Balaban J connectivity index is 1.64. The van der Waals surface area contributed by atoms with Gasteiger partial charge in [-0.15, -0.1) is 0 Å². The Morgan fingerprint density at radius 1 is 1.37 bits per heavy atom. The predicted molar refractivity (Wildman–Crippen MR) is 72.3 cm³/mol. The average Bonchev–Trinajstić information content (AvgIpc) is 3.18. The maximum atomic E-state index is 12.7. The number of carbonyl (C=O) groups is 1. The van der Waals surface area contributed by atoms with Crippen LogP contribution in [0, 0.1) is 0 Å². The highest BCUT2D eigenvalue weighted by Gasteiger charge is 2.53. The summed E-state index contributed by atoms with van der Waals surface area (Å²) in [5.41, 5.74) is 2.74. The highest BCUT2D eigenvalue weighted by Crippen LogP contribution is 2.56. The van der Waals surface area contributed by atoms with E-state index in [-0.39, 0.29) is 17.4 Å². The van der Waals surface area contributed by atoms with Crippen LogP contribution in [0.15, 0.2) is 24.3 Å². The van der Waals surface area contributed by atoms with E-state index in [0.717, 1.165) is 18.8 Å². The molecule has 2 fully saturated rings. The Labute approximate surface area is 112 Å². The summed E-state index contributed by atoms with van der Waals surface area (Å²) < 4.78 is 5.41. The third-order valence-corrected chi connectivity index (χ3v) is 4.57. The minimum Gasteiger partial charge on any atom is -0.378 e. The van der Waals surface area contributed by atoms with Crippen LogP contribution in [-0.2, 0) is 14.9 Å². The molecule has 1 unspecified atom stereocenters. The number of rotatable bonds is 1. The molecule has 100 valence electrons. The van der Waals surface area contributed by atoms with E-state index in [1.165, 1.54) is 18.4 Å². The number of fused-ring (bicyclic) bond motifs is 2. The summed E-state index contributed by atoms with van der Waals surface area (Å²) in [6.07, 6.45) is 2.42. The van der Waals surface area contributed by atoms with Crippen molar-refractivity contribution in [1.29, 1.82) is 0 Å². The van der Waals surface area contributed by atoms with E-state index in [9.17, 15) is 4.79 Å². The third kappa shape index (κ3) is 1.70. The number of anilines is 1. The molecule has 1 atom stereocenters. The minimum atomic E-state index is -0.185. The van der Waals surface area contributed by atoms with Crippen LogP contribution in [0.4, 0.5) is 5.69 Å². The van der Waals surface area contributed by atoms with Gasteiger partial charge in [0, 0.05) is 24.2 Å². The molecule has 4 nitrogen and oxygen atoms in total. The number of morpholine rings is 1. The second-order valence-electron chi connectivity index (χ2n) is 5.80. The normalized spacial score (nSPS) is 27.4. The van der Waals surface area contributed by atoms with E-state index in [4.69, 9.17) is 4.74 Å². The number of carbonyl (C=O) groups excluding carboxylic acids is 1. The van der Waals surface area contributed by atoms with Gasteiger partial charge in [0.05, 0.1) is 13.2 Å². The van der Waals surface area contributed by atoms with Crippen LogP contribution in [0.1, 0.15) is 18.4 Å². The molecule has 0 radical (unpaired) electrons. The third-order valence-electron chi connectivity index (χ3n) is 4.57. The highest BCUT2D eigenvalue weighted by molar-refractivity contribution is 6.00. The number of hydrogen-bond donors (Lipinski definition) is 1. The lowest BCUT2D eigenvalue weighted by Gasteiger charge is -2.28. The van der Waals surface area contributed by atoms with Gasteiger partial charge in [-0.3, -0.25) is 4.79 Å². The van der Waals surface area contributed by atoms with Crippen LogP contribution < -0.4 is 10.2 Å². The van der Waals surface area contributed by atoms with Gasteiger partial charge in [0.15, 0.2) is 0 Å². The smallest absolute Gasteiger partial charge is 0.246 e. The van der Waals surface area contributed by atoms with Gasteiger partial charge in [0.1, 0.15) is 6.04 Å². The largest absolute Gasteiger partial charge is 0.378 e. The number of benzene rings is 1. The van der Waals surface area contributed by atoms with Crippen molar-refractivity contribution >= 4 is 11.6 Å². The molecule has 2 aliphatic heterocycles. The van der Waals surface area contributed by atoms with Crippen LogP contribution in [0.25, 0.3) is 0 Å². The quantitative estimate of drug-likeness (QED) is 0.819. The Hall–Kier alpha value is -1.39. The number of amides is 1. The van der Waals surface area contributed by atoms with Gasteiger partial charge < -0.3 is 15.0 Å². The molecule has 1 saturated carbocycles. The monoisotopic (exact) mass is 258 g/mol. The molecule has 1 aromatic rings. The first kappa shape index (κ1) is 11.4. The Bertz CT molecular complexity index is 519. The first-order valence-electron chi connectivity index (χ1n) is 7.02. The topological polar surface area (TPSA) is 41.6 Å². The van der Waals surface area contributed by atoms with Gasteiger partial charge in [0.25, 0.3) is 0 Å². The van der Waals surface area contributed by atoms with E-state index in [0.29, 0.717) is 13.2 Å². The molecule has 1 N–H and O–H groups in total. The molecule has 4 rings (SSSR count). The van der Waals surface area contributed by atoms with Gasteiger partial charge in [-0.25, -0.2) is 0 Å². The number of nitrogens with zero attached hydrogens (tertiary/aromatic N) is 1. The Morgan fingerprint density at radius 2 is 2.21 bits per heavy atom. The van der Waals surface area contributed by atoms with Crippen LogP contribution in [0.2, 0.25) is 0 Å². The molecule has 1 aromatic carbocycles. The van der Waals surface area contributed by atoms with Gasteiger partial charge in [0.2, 0.25) is 5.91 Å². The van der Waals surface area contributed by atoms with Crippen molar-refractivity contribution in [3.05, 3.63) is 29.8 Å². The molecule has 2 heterocycles. The molecule has 1 aliphatic carbocycles. The highest BCUT2D eigenvalue weighted by atomic mass is 16.5. The number of hydrogen-bond acceptors (Lipinski definition) is 3. The maximum absolute atomic E-state index is 12.7. The van der Waals surface area contributed by atoms with Crippen molar-refractivity contribution in [2.75, 3.05) is 31.2 Å². The van der Waals surface area contributed by atoms with Crippen LogP contribution >= 0.6 is 0 Å². The average molecular weight is 258 g/mol. The van der Waals surface area contributed by atoms with Crippen molar-refractivity contribution in [3.8, 4) is 0 Å². The lowest BCUT2D eigenvalue weighted by molar-refractivity contribution is -0.123.